The number of benzene rings is 5. The molecule has 0 spiro atoms. The maximum Gasteiger partial charge on any atom is 0.164 e. The molecule has 4 heterocycles. The van der Waals surface area contributed by atoms with Crippen molar-refractivity contribution in [1.82, 2.24) is 24.3 Å². The molecule has 0 fully saturated rings. The molecule has 6 heteroatoms. The number of hydrogen-bond donors (Lipinski definition) is 0. The van der Waals surface area contributed by atoms with Crippen LogP contribution in [-0.4, -0.2) is 24.3 Å². The number of fused-ring (bicyclic) bond motifs is 4. The van der Waals surface area contributed by atoms with E-state index in [1.54, 1.807) is 0 Å². The van der Waals surface area contributed by atoms with Crippen LogP contribution in [0.3, 0.4) is 0 Å². The third-order valence-corrected chi connectivity index (χ3v) is 8.31. The second kappa shape index (κ2) is 10.6. The molecule has 0 amide bonds. The minimum atomic E-state index is 0.600. The summed E-state index contributed by atoms with van der Waals surface area (Å²) in [7, 11) is 0. The Morgan fingerprint density at radius 3 is 1.83 bits per heavy atom. The number of furan rings is 1. The van der Waals surface area contributed by atoms with Crippen molar-refractivity contribution in [2.45, 2.75) is 0 Å². The zero-order valence-electron chi connectivity index (χ0n) is 24.6. The van der Waals surface area contributed by atoms with Crippen LogP contribution in [0.2, 0.25) is 0 Å². The molecular formula is C40H25N5O. The third kappa shape index (κ3) is 4.52. The lowest BCUT2D eigenvalue weighted by molar-refractivity contribution is 0.669. The second-order valence-corrected chi connectivity index (χ2v) is 11.2. The molecule has 4 aromatic heterocycles. The molecule has 216 valence electrons. The quantitative estimate of drug-likeness (QED) is 0.199. The van der Waals surface area contributed by atoms with Crippen molar-refractivity contribution in [3.63, 3.8) is 0 Å². The summed E-state index contributed by atoms with van der Waals surface area (Å²) in [6.45, 7) is 0. The molecule has 0 aliphatic carbocycles. The second-order valence-electron chi connectivity index (χ2n) is 11.2. The van der Waals surface area contributed by atoms with Gasteiger partial charge in [0, 0.05) is 45.4 Å². The summed E-state index contributed by atoms with van der Waals surface area (Å²) in [5.74, 6) is 1.85. The Labute approximate surface area is 264 Å². The summed E-state index contributed by atoms with van der Waals surface area (Å²) in [6.07, 6.45) is 4.07. The van der Waals surface area contributed by atoms with Crippen molar-refractivity contribution in [2.24, 2.45) is 0 Å². The van der Waals surface area contributed by atoms with Crippen LogP contribution >= 0.6 is 0 Å². The normalized spacial score (nSPS) is 11.5. The van der Waals surface area contributed by atoms with Crippen molar-refractivity contribution in [3.05, 3.63) is 152 Å². The molecule has 9 aromatic rings. The molecule has 0 radical (unpaired) electrons. The molecule has 0 saturated carbocycles. The maximum absolute atomic E-state index is 6.36. The zero-order valence-corrected chi connectivity index (χ0v) is 24.6. The number of rotatable bonds is 5. The fourth-order valence-electron chi connectivity index (χ4n) is 6.03. The van der Waals surface area contributed by atoms with Crippen molar-refractivity contribution in [2.75, 3.05) is 0 Å². The van der Waals surface area contributed by atoms with Crippen LogP contribution in [0.5, 0.6) is 0 Å². The molecule has 0 aliphatic rings. The molecule has 5 aromatic carbocycles. The molecule has 0 bridgehead atoms. The van der Waals surface area contributed by atoms with Crippen LogP contribution in [0.4, 0.5) is 0 Å². The van der Waals surface area contributed by atoms with Crippen LogP contribution in [-0.2, 0) is 0 Å². The highest BCUT2D eigenvalue weighted by atomic mass is 16.3. The van der Waals surface area contributed by atoms with Crippen LogP contribution in [0.1, 0.15) is 0 Å². The molecule has 0 aliphatic heterocycles. The summed E-state index contributed by atoms with van der Waals surface area (Å²) in [5.41, 5.74) is 9.51. The van der Waals surface area contributed by atoms with Crippen LogP contribution < -0.4 is 0 Å². The SMILES string of the molecule is c1ccc(-c2nc(-c3ccccc3)nc(-c3cccc4oc5ccc(-c6ccc(-c7cn8ccccc8n7)cc6)cc5c34)n2)cc1. The highest BCUT2D eigenvalue weighted by Crippen LogP contribution is 2.38. The Bertz CT molecular complexity index is 2430. The van der Waals surface area contributed by atoms with E-state index in [9.17, 15) is 0 Å². The lowest BCUT2D eigenvalue weighted by atomic mass is 9.99. The van der Waals surface area contributed by atoms with Crippen LogP contribution in [0, 0.1) is 0 Å². The Morgan fingerprint density at radius 2 is 1.11 bits per heavy atom. The first kappa shape index (κ1) is 26.0. The van der Waals surface area contributed by atoms with Crippen LogP contribution in [0.15, 0.2) is 156 Å². The first-order chi connectivity index (χ1) is 22.8. The number of hydrogen-bond acceptors (Lipinski definition) is 5. The largest absolute Gasteiger partial charge is 0.456 e. The van der Waals surface area contributed by atoms with E-state index in [1.165, 1.54) is 0 Å². The predicted molar refractivity (Wildman–Crippen MR) is 183 cm³/mol. The van der Waals surface area contributed by atoms with Gasteiger partial charge in [0.2, 0.25) is 0 Å². The standard InChI is InChI=1S/C40H25N5O/c1-3-10-28(11-4-1)38-42-39(29-12-5-2-6-13-29)44-40(43-38)31-14-9-15-35-37(31)32-24-30(21-22-34(32)46-35)26-17-19-27(20-18-26)33-25-45-23-8-7-16-36(45)41-33/h1-25H. The summed E-state index contributed by atoms with van der Waals surface area (Å²) in [6, 6.07) is 47.0. The van der Waals surface area contributed by atoms with E-state index >= 15 is 0 Å². The van der Waals surface area contributed by atoms with Gasteiger partial charge in [-0.25, -0.2) is 19.9 Å². The molecule has 9 rings (SSSR count). The average Bonchev–Trinajstić information content (AvgIpc) is 3.74. The molecular weight excluding hydrogens is 566 g/mol. The lowest BCUT2D eigenvalue weighted by Crippen LogP contribution is -2.00. The monoisotopic (exact) mass is 591 g/mol. The molecule has 0 saturated heterocycles. The Balaban J connectivity index is 1.17. The molecule has 0 atom stereocenters. The molecule has 6 nitrogen and oxygen atoms in total. The Hall–Kier alpha value is -6.40. The summed E-state index contributed by atoms with van der Waals surface area (Å²) in [5, 5.41) is 1.99. The van der Waals surface area contributed by atoms with Crippen LogP contribution in [0.25, 0.3) is 84.1 Å². The fourth-order valence-corrected chi connectivity index (χ4v) is 6.03. The van der Waals surface area contributed by atoms with Gasteiger partial charge in [0.15, 0.2) is 17.5 Å². The van der Waals surface area contributed by atoms with E-state index < -0.39 is 0 Å². The smallest absolute Gasteiger partial charge is 0.164 e. The Morgan fingerprint density at radius 1 is 0.457 bits per heavy atom. The van der Waals surface area contributed by atoms with Crippen molar-refractivity contribution < 1.29 is 4.42 Å². The van der Waals surface area contributed by atoms with Gasteiger partial charge in [0.05, 0.1) is 5.69 Å². The minimum Gasteiger partial charge on any atom is -0.456 e. The van der Waals surface area contributed by atoms with Gasteiger partial charge < -0.3 is 8.82 Å². The van der Waals surface area contributed by atoms with Gasteiger partial charge in [-0.1, -0.05) is 109 Å². The minimum absolute atomic E-state index is 0.600. The fraction of sp³-hybridized carbons (Fsp3) is 0. The molecule has 0 unspecified atom stereocenters. The number of imidazole rings is 1. The van der Waals surface area contributed by atoms with Gasteiger partial charge >= 0.3 is 0 Å². The topological polar surface area (TPSA) is 69.1 Å². The lowest BCUT2D eigenvalue weighted by Gasteiger charge is -2.09. The van der Waals surface area contributed by atoms with Gasteiger partial charge in [-0.3, -0.25) is 0 Å². The molecule has 0 N–H and O–H groups in total. The summed E-state index contributed by atoms with van der Waals surface area (Å²) < 4.78 is 8.40. The summed E-state index contributed by atoms with van der Waals surface area (Å²) >= 11 is 0. The number of nitrogens with zero attached hydrogens (tertiary/aromatic N) is 5. The first-order valence-electron chi connectivity index (χ1n) is 15.1. The van der Waals surface area contributed by atoms with E-state index in [2.05, 4.69) is 48.7 Å². The predicted octanol–water partition coefficient (Wildman–Crippen LogP) is 9.75. The van der Waals surface area contributed by atoms with E-state index in [-0.39, 0.29) is 0 Å². The maximum atomic E-state index is 6.36. The highest BCUT2D eigenvalue weighted by Gasteiger charge is 2.18. The zero-order chi connectivity index (χ0) is 30.5. The number of pyridine rings is 1. The average molecular weight is 592 g/mol. The van der Waals surface area contributed by atoms with Crippen molar-refractivity contribution in [3.8, 4) is 56.5 Å². The van der Waals surface area contributed by atoms with E-state index in [1.807, 2.05) is 108 Å². The van der Waals surface area contributed by atoms with Gasteiger partial charge in [0.25, 0.3) is 0 Å². The highest BCUT2D eigenvalue weighted by molar-refractivity contribution is 6.12. The first-order valence-corrected chi connectivity index (χ1v) is 15.1. The molecule has 46 heavy (non-hydrogen) atoms. The number of aromatic nitrogens is 5. The third-order valence-electron chi connectivity index (χ3n) is 8.31. The van der Waals surface area contributed by atoms with Crippen molar-refractivity contribution in [1.29, 1.82) is 0 Å². The van der Waals surface area contributed by atoms with Gasteiger partial charge in [-0.15, -0.1) is 0 Å². The van der Waals surface area contributed by atoms with E-state index in [0.29, 0.717) is 17.5 Å². The Kier molecular flexibility index (Phi) is 6.03. The van der Waals surface area contributed by atoms with E-state index in [4.69, 9.17) is 24.4 Å². The van der Waals surface area contributed by atoms with Crippen molar-refractivity contribution >= 4 is 27.6 Å². The van der Waals surface area contributed by atoms with Gasteiger partial charge in [0.1, 0.15) is 16.8 Å². The van der Waals surface area contributed by atoms with Gasteiger partial charge in [-0.2, -0.15) is 0 Å². The van der Waals surface area contributed by atoms with E-state index in [0.717, 1.165) is 66.7 Å². The summed E-state index contributed by atoms with van der Waals surface area (Å²) in [4.78, 5) is 19.6. The van der Waals surface area contributed by atoms with Gasteiger partial charge in [-0.05, 0) is 41.5 Å².